The standard InChI is InChI=1S/C23H19N3O5/c1-2-14-8-9-19-18(12-14)20(17-7-4-10-24-22(17)27)21(23(28)29)25(19)13-15-5-3-6-16(11-15)26(30)31/h3-12H,2,13H2,1H3,(H,24,27)(H,28,29). The molecule has 2 N–H and O–H groups in total. The zero-order chi connectivity index (χ0) is 22.1. The van der Waals surface area contributed by atoms with Crippen LogP contribution >= 0.6 is 0 Å². The van der Waals surface area contributed by atoms with Crippen LogP contribution in [0.3, 0.4) is 0 Å². The molecule has 0 saturated heterocycles. The molecule has 2 aromatic heterocycles. The molecule has 156 valence electrons. The molecule has 0 fully saturated rings. The number of carboxylic acid groups (broad SMARTS) is 1. The van der Waals surface area contributed by atoms with E-state index < -0.39 is 10.9 Å². The van der Waals surface area contributed by atoms with Crippen LogP contribution in [0, 0.1) is 10.1 Å². The van der Waals surface area contributed by atoms with Crippen molar-refractivity contribution in [3.8, 4) is 11.1 Å². The number of pyridine rings is 1. The Balaban J connectivity index is 2.04. The van der Waals surface area contributed by atoms with E-state index >= 15 is 0 Å². The van der Waals surface area contributed by atoms with Crippen molar-refractivity contribution in [2.24, 2.45) is 0 Å². The van der Waals surface area contributed by atoms with Crippen LogP contribution in [0.15, 0.2) is 65.6 Å². The zero-order valence-electron chi connectivity index (χ0n) is 16.7. The second-order valence-corrected chi connectivity index (χ2v) is 7.16. The van der Waals surface area contributed by atoms with Crippen LogP contribution in [-0.2, 0) is 13.0 Å². The van der Waals surface area contributed by atoms with Gasteiger partial charge in [0, 0.05) is 46.9 Å². The Morgan fingerprint density at radius 3 is 2.61 bits per heavy atom. The van der Waals surface area contributed by atoms with Gasteiger partial charge in [-0.1, -0.05) is 25.1 Å². The molecule has 0 aliphatic heterocycles. The van der Waals surface area contributed by atoms with Crippen LogP contribution < -0.4 is 5.56 Å². The van der Waals surface area contributed by atoms with Crippen LogP contribution in [0.1, 0.15) is 28.5 Å². The van der Waals surface area contributed by atoms with Crippen molar-refractivity contribution < 1.29 is 14.8 Å². The van der Waals surface area contributed by atoms with Crippen LogP contribution in [0.25, 0.3) is 22.0 Å². The number of carboxylic acids is 1. The summed E-state index contributed by atoms with van der Waals surface area (Å²) in [5.41, 5.74) is 2.33. The van der Waals surface area contributed by atoms with E-state index in [1.165, 1.54) is 18.3 Å². The minimum atomic E-state index is -1.18. The first-order chi connectivity index (χ1) is 14.9. The van der Waals surface area contributed by atoms with Crippen molar-refractivity contribution in [3.05, 3.63) is 98.1 Å². The lowest BCUT2D eigenvalue weighted by atomic mass is 10.0. The van der Waals surface area contributed by atoms with E-state index in [1.807, 2.05) is 25.1 Å². The van der Waals surface area contributed by atoms with Gasteiger partial charge in [0.2, 0.25) is 0 Å². The molecule has 2 heterocycles. The van der Waals surface area contributed by atoms with Crippen molar-refractivity contribution in [2.45, 2.75) is 19.9 Å². The summed E-state index contributed by atoms with van der Waals surface area (Å²) in [5.74, 6) is -1.18. The van der Waals surface area contributed by atoms with Gasteiger partial charge < -0.3 is 14.7 Å². The molecule has 0 aliphatic carbocycles. The summed E-state index contributed by atoms with van der Waals surface area (Å²) in [7, 11) is 0. The number of benzene rings is 2. The van der Waals surface area contributed by atoms with Crippen molar-refractivity contribution >= 4 is 22.6 Å². The number of nitrogens with one attached hydrogen (secondary N) is 1. The maximum atomic E-state index is 12.5. The number of hydrogen-bond acceptors (Lipinski definition) is 4. The number of aromatic nitrogens is 2. The van der Waals surface area contributed by atoms with E-state index in [0.29, 0.717) is 22.0 Å². The Morgan fingerprint density at radius 1 is 1.13 bits per heavy atom. The summed E-state index contributed by atoms with van der Waals surface area (Å²) in [4.78, 5) is 38.2. The monoisotopic (exact) mass is 417 g/mol. The minimum absolute atomic E-state index is 0.0357. The molecule has 4 rings (SSSR count). The Labute approximate surface area is 176 Å². The van der Waals surface area contributed by atoms with Gasteiger partial charge >= 0.3 is 5.97 Å². The molecule has 31 heavy (non-hydrogen) atoms. The van der Waals surface area contributed by atoms with Crippen LogP contribution in [0.2, 0.25) is 0 Å². The largest absolute Gasteiger partial charge is 0.477 e. The number of nitro benzene ring substituents is 1. The number of carbonyl (C=O) groups is 1. The Kier molecular flexibility index (Phi) is 5.12. The summed E-state index contributed by atoms with van der Waals surface area (Å²) >= 11 is 0. The number of hydrogen-bond donors (Lipinski definition) is 2. The maximum absolute atomic E-state index is 12.5. The summed E-state index contributed by atoms with van der Waals surface area (Å²) in [6.07, 6.45) is 2.24. The second-order valence-electron chi connectivity index (χ2n) is 7.16. The number of fused-ring (bicyclic) bond motifs is 1. The quantitative estimate of drug-likeness (QED) is 0.360. The molecule has 2 aromatic carbocycles. The zero-order valence-corrected chi connectivity index (χ0v) is 16.7. The molecule has 0 saturated carbocycles. The highest BCUT2D eigenvalue weighted by atomic mass is 16.6. The topological polar surface area (TPSA) is 118 Å². The Hall–Kier alpha value is -4.20. The van der Waals surface area contributed by atoms with Crippen molar-refractivity contribution in [1.29, 1.82) is 0 Å². The number of nitro groups is 1. The van der Waals surface area contributed by atoms with E-state index in [0.717, 1.165) is 12.0 Å². The predicted molar refractivity (Wildman–Crippen MR) is 117 cm³/mol. The number of non-ortho nitro benzene ring substituents is 1. The number of aryl methyl sites for hydroxylation is 1. The Bertz CT molecular complexity index is 1380. The fourth-order valence-electron chi connectivity index (χ4n) is 3.85. The third-order valence-electron chi connectivity index (χ3n) is 5.29. The highest BCUT2D eigenvalue weighted by molar-refractivity contribution is 6.08. The fraction of sp³-hybridized carbons (Fsp3) is 0.130. The molecular formula is C23H19N3O5. The lowest BCUT2D eigenvalue weighted by molar-refractivity contribution is -0.384. The molecule has 0 spiro atoms. The van der Waals surface area contributed by atoms with Crippen molar-refractivity contribution in [1.82, 2.24) is 9.55 Å². The van der Waals surface area contributed by atoms with E-state index in [-0.39, 0.29) is 29.0 Å². The Morgan fingerprint density at radius 2 is 1.94 bits per heavy atom. The fourth-order valence-corrected chi connectivity index (χ4v) is 3.85. The van der Waals surface area contributed by atoms with E-state index in [1.54, 1.807) is 28.8 Å². The SMILES string of the molecule is CCc1ccc2c(c1)c(-c1ccc[nH]c1=O)c(C(=O)O)n2Cc1cccc([N+](=O)[O-])c1. The first kappa shape index (κ1) is 20.1. The highest BCUT2D eigenvalue weighted by Gasteiger charge is 2.25. The summed E-state index contributed by atoms with van der Waals surface area (Å²) in [6.45, 7) is 2.10. The summed E-state index contributed by atoms with van der Waals surface area (Å²) in [5, 5.41) is 21.9. The molecule has 0 bridgehead atoms. The van der Waals surface area contributed by atoms with E-state index in [2.05, 4.69) is 4.98 Å². The smallest absolute Gasteiger partial charge is 0.353 e. The average molecular weight is 417 g/mol. The minimum Gasteiger partial charge on any atom is -0.477 e. The van der Waals surface area contributed by atoms with Gasteiger partial charge in [-0.25, -0.2) is 4.79 Å². The molecule has 8 heteroatoms. The molecule has 4 aromatic rings. The highest BCUT2D eigenvalue weighted by Crippen LogP contribution is 2.35. The first-order valence-electron chi connectivity index (χ1n) is 9.70. The maximum Gasteiger partial charge on any atom is 0.353 e. The summed E-state index contributed by atoms with van der Waals surface area (Å²) in [6, 6.07) is 15.0. The van der Waals surface area contributed by atoms with Crippen LogP contribution in [-0.4, -0.2) is 25.6 Å². The van der Waals surface area contributed by atoms with Crippen LogP contribution in [0.4, 0.5) is 5.69 Å². The van der Waals surface area contributed by atoms with E-state index in [4.69, 9.17) is 0 Å². The van der Waals surface area contributed by atoms with Gasteiger partial charge in [-0.05, 0) is 41.8 Å². The molecule has 0 unspecified atom stereocenters. The molecule has 0 amide bonds. The normalized spacial score (nSPS) is 11.0. The summed E-state index contributed by atoms with van der Waals surface area (Å²) < 4.78 is 1.60. The molecular weight excluding hydrogens is 398 g/mol. The number of aromatic amines is 1. The molecule has 8 nitrogen and oxygen atoms in total. The van der Waals surface area contributed by atoms with Gasteiger partial charge in [-0.15, -0.1) is 0 Å². The number of nitrogens with zero attached hydrogens (tertiary/aromatic N) is 2. The van der Waals surface area contributed by atoms with Crippen LogP contribution in [0.5, 0.6) is 0 Å². The first-order valence-corrected chi connectivity index (χ1v) is 9.70. The third kappa shape index (κ3) is 3.59. The van der Waals surface area contributed by atoms with Crippen molar-refractivity contribution in [2.75, 3.05) is 0 Å². The van der Waals surface area contributed by atoms with E-state index in [9.17, 15) is 24.8 Å². The number of aromatic carboxylic acids is 1. The molecule has 0 aliphatic rings. The lowest BCUT2D eigenvalue weighted by Crippen LogP contribution is -2.13. The third-order valence-corrected chi connectivity index (χ3v) is 5.29. The van der Waals surface area contributed by atoms with Gasteiger partial charge in [-0.3, -0.25) is 14.9 Å². The lowest BCUT2D eigenvalue weighted by Gasteiger charge is -2.09. The van der Waals surface area contributed by atoms with Gasteiger partial charge in [0.25, 0.3) is 11.2 Å². The molecule has 0 radical (unpaired) electrons. The molecule has 0 atom stereocenters. The number of rotatable bonds is 6. The van der Waals surface area contributed by atoms with Crippen molar-refractivity contribution in [3.63, 3.8) is 0 Å². The van der Waals surface area contributed by atoms with Gasteiger partial charge in [0.1, 0.15) is 5.69 Å². The van der Waals surface area contributed by atoms with Gasteiger partial charge in [0.15, 0.2) is 0 Å². The predicted octanol–water partition coefficient (Wildman–Crippen LogP) is 4.21. The average Bonchev–Trinajstić information content (AvgIpc) is 3.07. The van der Waals surface area contributed by atoms with Gasteiger partial charge in [-0.2, -0.15) is 0 Å². The number of H-pyrrole nitrogens is 1. The van der Waals surface area contributed by atoms with Gasteiger partial charge in [0.05, 0.1) is 4.92 Å². The second kappa shape index (κ2) is 7.91.